The molecule has 0 amide bonds. The van der Waals surface area contributed by atoms with Gasteiger partial charge in [-0.2, -0.15) is 0 Å². The Morgan fingerprint density at radius 2 is 1.89 bits per heavy atom. The van der Waals surface area contributed by atoms with Gasteiger partial charge in [0.25, 0.3) is 0 Å². The molecule has 5 heteroatoms. The van der Waals surface area contributed by atoms with Crippen LogP contribution in [0.25, 0.3) is 0 Å². The Balaban J connectivity index is 2.30. The summed E-state index contributed by atoms with van der Waals surface area (Å²) in [4.78, 5) is 0. The van der Waals surface area contributed by atoms with Crippen LogP contribution in [0.5, 0.6) is 17.2 Å². The van der Waals surface area contributed by atoms with Crippen molar-refractivity contribution in [2.45, 2.75) is 6.92 Å². The number of hydrogen-bond donors (Lipinski definition) is 1. The van der Waals surface area contributed by atoms with Crippen LogP contribution in [0.2, 0.25) is 0 Å². The summed E-state index contributed by atoms with van der Waals surface area (Å²) >= 11 is 3.19. The van der Waals surface area contributed by atoms with E-state index in [9.17, 15) is 4.39 Å². The maximum atomic E-state index is 13.7. The molecule has 0 aromatic heterocycles. The number of halogens is 2. The van der Waals surface area contributed by atoms with E-state index in [-0.39, 0.29) is 5.75 Å². The fourth-order valence-corrected chi connectivity index (χ4v) is 1.90. The summed E-state index contributed by atoms with van der Waals surface area (Å²) in [5.74, 6) is 0.545. The quantitative estimate of drug-likeness (QED) is 0.849. The molecular weight excluding hydrogens is 313 g/mol. The maximum Gasteiger partial charge on any atom is 0.166 e. The van der Waals surface area contributed by atoms with Crippen molar-refractivity contribution in [2.24, 2.45) is 0 Å². The monoisotopic (exact) mass is 325 g/mol. The van der Waals surface area contributed by atoms with Crippen molar-refractivity contribution in [3.05, 3.63) is 46.7 Å². The summed E-state index contributed by atoms with van der Waals surface area (Å²) < 4.78 is 25.2. The van der Waals surface area contributed by atoms with Gasteiger partial charge in [0.1, 0.15) is 11.4 Å². The summed E-state index contributed by atoms with van der Waals surface area (Å²) in [6, 6.07) is 9.71. The molecule has 3 nitrogen and oxygen atoms in total. The highest BCUT2D eigenvalue weighted by Gasteiger charge is 2.10. The molecule has 0 spiro atoms. The van der Waals surface area contributed by atoms with Crippen molar-refractivity contribution in [1.82, 2.24) is 0 Å². The fraction of sp³-hybridized carbons (Fsp3) is 0.143. The third-order valence-corrected chi connectivity index (χ3v) is 2.93. The molecule has 0 saturated heterocycles. The number of rotatable bonds is 4. The molecule has 2 N–H and O–H groups in total. The van der Waals surface area contributed by atoms with Crippen LogP contribution in [0.15, 0.2) is 40.9 Å². The number of benzene rings is 2. The van der Waals surface area contributed by atoms with Crippen molar-refractivity contribution < 1.29 is 13.9 Å². The normalized spacial score (nSPS) is 10.3. The van der Waals surface area contributed by atoms with Gasteiger partial charge in [-0.25, -0.2) is 4.39 Å². The van der Waals surface area contributed by atoms with E-state index in [4.69, 9.17) is 15.2 Å². The standard InChI is InChI=1S/C14H13BrFNO2/c1-2-18-12-4-3-5-13(14(12)17)19-11-7-6-9(15)8-10(11)16/h3-8H,2,17H2,1H3. The number of ether oxygens (including phenoxy) is 2. The zero-order valence-corrected chi connectivity index (χ0v) is 11.9. The predicted octanol–water partition coefficient (Wildman–Crippen LogP) is 4.36. The smallest absolute Gasteiger partial charge is 0.166 e. The van der Waals surface area contributed by atoms with E-state index < -0.39 is 5.82 Å². The second-order valence-electron chi connectivity index (χ2n) is 3.78. The zero-order chi connectivity index (χ0) is 13.8. The van der Waals surface area contributed by atoms with Crippen molar-refractivity contribution in [1.29, 1.82) is 0 Å². The van der Waals surface area contributed by atoms with E-state index in [1.807, 2.05) is 6.92 Å². The Bertz CT molecular complexity index is 590. The summed E-state index contributed by atoms with van der Waals surface area (Å²) in [7, 11) is 0. The molecule has 0 radical (unpaired) electrons. The number of para-hydroxylation sites is 1. The van der Waals surface area contributed by atoms with Gasteiger partial charge in [0.2, 0.25) is 0 Å². The van der Waals surface area contributed by atoms with Crippen molar-refractivity contribution in [3.8, 4) is 17.2 Å². The van der Waals surface area contributed by atoms with E-state index in [0.717, 1.165) is 0 Å². The minimum Gasteiger partial charge on any atom is -0.492 e. The zero-order valence-electron chi connectivity index (χ0n) is 10.3. The molecule has 0 aliphatic heterocycles. The fourth-order valence-electron chi connectivity index (χ4n) is 1.57. The minimum atomic E-state index is -0.462. The van der Waals surface area contributed by atoms with Crippen molar-refractivity contribution >= 4 is 21.6 Å². The SMILES string of the molecule is CCOc1cccc(Oc2ccc(Br)cc2F)c1N. The summed E-state index contributed by atoms with van der Waals surface area (Å²) in [6.07, 6.45) is 0. The molecule has 0 bridgehead atoms. The topological polar surface area (TPSA) is 44.5 Å². The maximum absolute atomic E-state index is 13.7. The molecular formula is C14H13BrFNO2. The average molecular weight is 326 g/mol. The Morgan fingerprint density at radius 3 is 2.58 bits per heavy atom. The third kappa shape index (κ3) is 3.17. The van der Waals surface area contributed by atoms with Crippen LogP contribution in [0.1, 0.15) is 6.92 Å². The first kappa shape index (κ1) is 13.7. The van der Waals surface area contributed by atoms with E-state index in [1.54, 1.807) is 24.3 Å². The van der Waals surface area contributed by atoms with Gasteiger partial charge in [-0.3, -0.25) is 0 Å². The van der Waals surface area contributed by atoms with Crippen LogP contribution >= 0.6 is 15.9 Å². The summed E-state index contributed by atoms with van der Waals surface area (Å²) in [5.41, 5.74) is 6.27. The Morgan fingerprint density at radius 1 is 1.16 bits per heavy atom. The Kier molecular flexibility index (Phi) is 4.27. The molecule has 2 rings (SSSR count). The van der Waals surface area contributed by atoms with Crippen LogP contribution in [0.3, 0.4) is 0 Å². The van der Waals surface area contributed by atoms with Gasteiger partial charge >= 0.3 is 0 Å². The minimum absolute atomic E-state index is 0.114. The number of anilines is 1. The first-order chi connectivity index (χ1) is 9.11. The highest BCUT2D eigenvalue weighted by atomic mass is 79.9. The summed E-state index contributed by atoms with van der Waals surface area (Å²) in [5, 5.41) is 0. The molecule has 0 aliphatic rings. The molecule has 0 fully saturated rings. The van der Waals surface area contributed by atoms with Crippen LogP contribution < -0.4 is 15.2 Å². The van der Waals surface area contributed by atoms with Crippen LogP contribution in [-0.2, 0) is 0 Å². The van der Waals surface area contributed by atoms with Crippen LogP contribution in [0.4, 0.5) is 10.1 Å². The van der Waals surface area contributed by atoms with Gasteiger partial charge < -0.3 is 15.2 Å². The van der Waals surface area contributed by atoms with E-state index in [2.05, 4.69) is 15.9 Å². The van der Waals surface area contributed by atoms with Crippen molar-refractivity contribution in [2.75, 3.05) is 12.3 Å². The largest absolute Gasteiger partial charge is 0.492 e. The summed E-state index contributed by atoms with van der Waals surface area (Å²) in [6.45, 7) is 2.36. The number of nitrogens with two attached hydrogens (primary N) is 1. The molecule has 0 atom stereocenters. The molecule has 0 unspecified atom stereocenters. The molecule has 2 aromatic carbocycles. The first-order valence-corrected chi connectivity index (χ1v) is 6.55. The molecule has 0 aliphatic carbocycles. The van der Waals surface area contributed by atoms with Crippen LogP contribution in [-0.4, -0.2) is 6.61 Å². The lowest BCUT2D eigenvalue weighted by molar-refractivity contribution is 0.340. The Labute approximate surface area is 119 Å². The van der Waals surface area contributed by atoms with Crippen LogP contribution in [0, 0.1) is 5.82 Å². The molecule has 100 valence electrons. The van der Waals surface area contributed by atoms with Gasteiger partial charge in [0.15, 0.2) is 17.3 Å². The Hall–Kier alpha value is -1.75. The molecule has 19 heavy (non-hydrogen) atoms. The highest BCUT2D eigenvalue weighted by molar-refractivity contribution is 9.10. The highest BCUT2D eigenvalue weighted by Crippen LogP contribution is 2.35. The second kappa shape index (κ2) is 5.93. The van der Waals surface area contributed by atoms with E-state index >= 15 is 0 Å². The number of nitrogen functional groups attached to an aromatic ring is 1. The van der Waals surface area contributed by atoms with Gasteiger partial charge in [-0.1, -0.05) is 22.0 Å². The first-order valence-electron chi connectivity index (χ1n) is 5.76. The predicted molar refractivity (Wildman–Crippen MR) is 76.2 cm³/mol. The second-order valence-corrected chi connectivity index (χ2v) is 4.69. The van der Waals surface area contributed by atoms with Gasteiger partial charge in [-0.15, -0.1) is 0 Å². The van der Waals surface area contributed by atoms with Crippen molar-refractivity contribution in [3.63, 3.8) is 0 Å². The lowest BCUT2D eigenvalue weighted by Crippen LogP contribution is -1.99. The molecule has 2 aromatic rings. The van der Waals surface area contributed by atoms with E-state index in [0.29, 0.717) is 28.3 Å². The third-order valence-electron chi connectivity index (χ3n) is 2.44. The molecule has 0 saturated carbocycles. The van der Waals surface area contributed by atoms with Gasteiger partial charge in [-0.05, 0) is 37.3 Å². The number of hydrogen-bond acceptors (Lipinski definition) is 3. The lowest BCUT2D eigenvalue weighted by atomic mass is 10.2. The molecule has 0 heterocycles. The van der Waals surface area contributed by atoms with Gasteiger partial charge in [0, 0.05) is 4.47 Å². The lowest BCUT2D eigenvalue weighted by Gasteiger charge is -2.12. The van der Waals surface area contributed by atoms with E-state index in [1.165, 1.54) is 12.1 Å². The van der Waals surface area contributed by atoms with Gasteiger partial charge in [0.05, 0.1) is 6.61 Å². The average Bonchev–Trinajstić information content (AvgIpc) is 2.37.